The number of para-hydroxylation sites is 2. The van der Waals surface area contributed by atoms with Gasteiger partial charge in [-0.05, 0) is 41.3 Å². The summed E-state index contributed by atoms with van der Waals surface area (Å²) >= 11 is 0. The monoisotopic (exact) mass is 438 g/mol. The Hall–Kier alpha value is -3.93. The van der Waals surface area contributed by atoms with Crippen LogP contribution in [0, 0.1) is 11.8 Å². The van der Waals surface area contributed by atoms with Gasteiger partial charge in [0.15, 0.2) is 0 Å². The van der Waals surface area contributed by atoms with E-state index in [1.54, 1.807) is 18.2 Å². The van der Waals surface area contributed by atoms with Gasteiger partial charge in [0.05, 0.1) is 35.8 Å². The van der Waals surface area contributed by atoms with Gasteiger partial charge in [-0.1, -0.05) is 60.7 Å². The molecule has 2 amide bonds. The van der Waals surface area contributed by atoms with Crippen molar-refractivity contribution in [2.75, 3.05) is 11.5 Å². The first-order chi connectivity index (χ1) is 16.1. The summed E-state index contributed by atoms with van der Waals surface area (Å²) in [6.07, 6.45) is 1.45. The van der Waals surface area contributed by atoms with Crippen molar-refractivity contribution in [2.24, 2.45) is 17.0 Å². The van der Waals surface area contributed by atoms with Crippen molar-refractivity contribution in [2.45, 2.75) is 18.3 Å². The highest BCUT2D eigenvalue weighted by atomic mass is 16.5. The third-order valence-corrected chi connectivity index (χ3v) is 7.35. The van der Waals surface area contributed by atoms with E-state index in [9.17, 15) is 14.8 Å². The zero-order valence-electron chi connectivity index (χ0n) is 18.0. The standard InChI is InChI=1S/C27H22N2O4/c1-2-33-21-14-8-7-13-20(21)29-25(30)23-22-16-9-3-5-11-18(16)27(15-28-32,24(23)26(29)31)19-12-6-4-10-17(19)22/h3-15,22-24,32H,2H2,1H3/b28-15-/t22?,23-,24-,27?/m0/s1. The number of ether oxygens (including phenoxy) is 1. The minimum atomic E-state index is -1.04. The number of amides is 2. The van der Waals surface area contributed by atoms with Crippen LogP contribution in [0.5, 0.6) is 5.75 Å². The summed E-state index contributed by atoms with van der Waals surface area (Å²) in [7, 11) is 0. The van der Waals surface area contributed by atoms with Crippen LogP contribution in [0.2, 0.25) is 0 Å². The number of anilines is 1. The second-order valence-electron chi connectivity index (χ2n) is 8.68. The van der Waals surface area contributed by atoms with Crippen molar-refractivity contribution in [1.29, 1.82) is 0 Å². The van der Waals surface area contributed by atoms with Gasteiger partial charge in [0.25, 0.3) is 0 Å². The fourth-order valence-corrected chi connectivity index (χ4v) is 6.30. The molecule has 0 saturated carbocycles. The third-order valence-electron chi connectivity index (χ3n) is 7.35. The highest BCUT2D eigenvalue weighted by molar-refractivity contribution is 6.25. The Morgan fingerprint density at radius 1 is 0.939 bits per heavy atom. The molecule has 7 rings (SSSR count). The number of imide groups is 1. The number of oxime groups is 1. The maximum atomic E-state index is 14.1. The number of benzene rings is 3. The van der Waals surface area contributed by atoms with Gasteiger partial charge in [0.2, 0.25) is 11.8 Å². The summed E-state index contributed by atoms with van der Waals surface area (Å²) in [5.41, 5.74) is 3.23. The molecular formula is C27H22N2O4. The summed E-state index contributed by atoms with van der Waals surface area (Å²) in [6, 6.07) is 22.9. The first-order valence-electron chi connectivity index (χ1n) is 11.1. The second-order valence-corrected chi connectivity index (χ2v) is 8.68. The van der Waals surface area contributed by atoms with Crippen LogP contribution >= 0.6 is 0 Å². The average molecular weight is 438 g/mol. The number of carbonyl (C=O) groups is 2. The lowest BCUT2D eigenvalue weighted by molar-refractivity contribution is -0.122. The largest absolute Gasteiger partial charge is 0.492 e. The lowest BCUT2D eigenvalue weighted by Crippen LogP contribution is -2.54. The molecule has 33 heavy (non-hydrogen) atoms. The Bertz CT molecular complexity index is 1280. The van der Waals surface area contributed by atoms with Crippen LogP contribution in [0.1, 0.15) is 35.1 Å². The zero-order valence-corrected chi connectivity index (χ0v) is 18.0. The molecule has 0 unspecified atom stereocenters. The first-order valence-corrected chi connectivity index (χ1v) is 11.1. The molecule has 1 aliphatic heterocycles. The molecule has 6 heteroatoms. The molecule has 3 aliphatic carbocycles. The molecule has 164 valence electrons. The molecule has 3 aromatic rings. The fourth-order valence-electron chi connectivity index (χ4n) is 6.30. The number of hydrogen-bond donors (Lipinski definition) is 1. The number of rotatable bonds is 4. The highest BCUT2D eigenvalue weighted by Gasteiger charge is 2.68. The van der Waals surface area contributed by atoms with E-state index >= 15 is 0 Å². The quantitative estimate of drug-likeness (QED) is 0.288. The molecule has 1 heterocycles. The number of carbonyl (C=O) groups excluding carboxylic acids is 2. The summed E-state index contributed by atoms with van der Waals surface area (Å²) in [5.74, 6) is -1.63. The molecule has 0 radical (unpaired) electrons. The van der Waals surface area contributed by atoms with Crippen molar-refractivity contribution in [3.63, 3.8) is 0 Å². The predicted octanol–water partition coefficient (Wildman–Crippen LogP) is 4.10. The summed E-state index contributed by atoms with van der Waals surface area (Å²) in [5, 5.41) is 13.2. The topological polar surface area (TPSA) is 79.2 Å². The molecule has 0 aromatic heterocycles. The van der Waals surface area contributed by atoms with E-state index in [0.29, 0.717) is 18.0 Å². The SMILES string of the molecule is CCOc1ccccc1N1C(=O)[C@@H]2[C@@H](C1=O)C1c3ccccc3C2(/C=N\O)c2ccccc21. The molecule has 2 atom stereocenters. The van der Waals surface area contributed by atoms with Crippen LogP contribution in [0.25, 0.3) is 0 Å². The highest BCUT2D eigenvalue weighted by Crippen LogP contribution is 2.63. The van der Waals surface area contributed by atoms with Crippen LogP contribution < -0.4 is 9.64 Å². The Balaban J connectivity index is 1.63. The third kappa shape index (κ3) is 2.35. The Morgan fingerprint density at radius 3 is 2.18 bits per heavy atom. The first kappa shape index (κ1) is 19.7. The normalized spacial score (nSPS) is 26.9. The Kier molecular flexibility index (Phi) is 4.21. The van der Waals surface area contributed by atoms with Crippen molar-refractivity contribution in [3.8, 4) is 5.75 Å². The molecule has 0 spiro atoms. The van der Waals surface area contributed by atoms with Gasteiger partial charge in [0.1, 0.15) is 5.75 Å². The second kappa shape index (κ2) is 7.04. The molecule has 4 aliphatic rings. The van der Waals surface area contributed by atoms with Crippen LogP contribution in [-0.4, -0.2) is 29.8 Å². The van der Waals surface area contributed by atoms with E-state index < -0.39 is 17.3 Å². The summed E-state index contributed by atoms with van der Waals surface area (Å²) < 4.78 is 5.75. The fraction of sp³-hybridized carbons (Fsp3) is 0.222. The lowest BCUT2D eigenvalue weighted by atomic mass is 9.47. The van der Waals surface area contributed by atoms with Crippen LogP contribution in [0.4, 0.5) is 5.69 Å². The zero-order chi connectivity index (χ0) is 22.7. The van der Waals surface area contributed by atoms with Crippen LogP contribution in [-0.2, 0) is 15.0 Å². The van der Waals surface area contributed by atoms with Crippen LogP contribution in [0.15, 0.2) is 78.0 Å². The van der Waals surface area contributed by atoms with Gasteiger partial charge in [-0.2, -0.15) is 0 Å². The lowest BCUT2D eigenvalue weighted by Gasteiger charge is -2.52. The van der Waals surface area contributed by atoms with Gasteiger partial charge < -0.3 is 9.94 Å². The van der Waals surface area contributed by atoms with Crippen molar-refractivity contribution >= 4 is 23.7 Å². The van der Waals surface area contributed by atoms with Gasteiger partial charge in [-0.15, -0.1) is 5.16 Å². The van der Waals surface area contributed by atoms with E-state index in [1.165, 1.54) is 11.1 Å². The van der Waals surface area contributed by atoms with Crippen LogP contribution in [0.3, 0.4) is 0 Å². The van der Waals surface area contributed by atoms with E-state index in [1.807, 2.05) is 61.5 Å². The van der Waals surface area contributed by atoms with E-state index in [4.69, 9.17) is 4.74 Å². The molecule has 6 nitrogen and oxygen atoms in total. The van der Waals surface area contributed by atoms with Gasteiger partial charge in [-0.25, -0.2) is 4.90 Å². The molecule has 2 bridgehead atoms. The smallest absolute Gasteiger partial charge is 0.239 e. The molecule has 1 N–H and O–H groups in total. The maximum absolute atomic E-state index is 14.1. The van der Waals surface area contributed by atoms with Crippen molar-refractivity contribution < 1.29 is 19.5 Å². The number of nitrogens with zero attached hydrogens (tertiary/aromatic N) is 2. The molecule has 3 aromatic carbocycles. The Labute approximate surface area is 191 Å². The minimum Gasteiger partial charge on any atom is -0.492 e. The van der Waals surface area contributed by atoms with Gasteiger partial charge in [-0.3, -0.25) is 9.59 Å². The maximum Gasteiger partial charge on any atom is 0.239 e. The van der Waals surface area contributed by atoms with E-state index in [-0.39, 0.29) is 17.7 Å². The summed E-state index contributed by atoms with van der Waals surface area (Å²) in [4.78, 5) is 29.4. The Morgan fingerprint density at radius 2 is 1.55 bits per heavy atom. The average Bonchev–Trinajstić information content (AvgIpc) is 3.11. The molecule has 1 saturated heterocycles. The van der Waals surface area contributed by atoms with Gasteiger partial charge in [0, 0.05) is 5.92 Å². The van der Waals surface area contributed by atoms with Crippen molar-refractivity contribution in [3.05, 3.63) is 95.1 Å². The van der Waals surface area contributed by atoms with E-state index in [0.717, 1.165) is 22.3 Å². The summed E-state index contributed by atoms with van der Waals surface area (Å²) in [6.45, 7) is 2.28. The predicted molar refractivity (Wildman–Crippen MR) is 123 cm³/mol. The van der Waals surface area contributed by atoms with Crippen molar-refractivity contribution in [1.82, 2.24) is 0 Å². The van der Waals surface area contributed by atoms with Gasteiger partial charge >= 0.3 is 0 Å². The minimum absolute atomic E-state index is 0.248. The number of hydrogen-bond acceptors (Lipinski definition) is 5. The molecule has 1 fully saturated rings. The molecular weight excluding hydrogens is 416 g/mol. The van der Waals surface area contributed by atoms with E-state index in [2.05, 4.69) is 5.16 Å².